The molecule has 0 bridgehead atoms. The summed E-state index contributed by atoms with van der Waals surface area (Å²) in [6.45, 7) is 1.87. The summed E-state index contributed by atoms with van der Waals surface area (Å²) in [4.78, 5) is 14.1. The molecule has 0 radical (unpaired) electrons. The van der Waals surface area contributed by atoms with Gasteiger partial charge in [-0.25, -0.2) is 13.6 Å². The molecule has 0 aliphatic carbocycles. The number of sulfonamides is 1. The number of amides is 1. The zero-order chi connectivity index (χ0) is 15.6. The number of nitrogens with two attached hydrogens (primary N) is 1. The molecule has 1 unspecified atom stereocenters. The monoisotopic (exact) mass is 376 g/mol. The summed E-state index contributed by atoms with van der Waals surface area (Å²) >= 11 is 3.21. The summed E-state index contributed by atoms with van der Waals surface area (Å²) in [5.74, 6) is 0.128. The Balaban J connectivity index is 2.22. The maximum atomic E-state index is 12.5. The second kappa shape index (κ2) is 6.43. The summed E-state index contributed by atoms with van der Waals surface area (Å²) < 4.78 is 28.5. The Hall–Kier alpha value is -0.960. The van der Waals surface area contributed by atoms with E-state index in [1.165, 1.54) is 12.1 Å². The van der Waals surface area contributed by atoms with Crippen LogP contribution in [0.5, 0.6) is 0 Å². The third-order valence-electron chi connectivity index (χ3n) is 3.42. The molecule has 1 heterocycles. The molecular weight excluding hydrogens is 360 g/mol. The maximum Gasteiger partial charge on any atom is 0.253 e. The van der Waals surface area contributed by atoms with Gasteiger partial charge in [0, 0.05) is 36.2 Å². The maximum absolute atomic E-state index is 12.5. The average Bonchev–Trinajstić information content (AvgIpc) is 2.85. The highest BCUT2D eigenvalue weighted by Crippen LogP contribution is 2.23. The van der Waals surface area contributed by atoms with Crippen LogP contribution in [-0.4, -0.2) is 46.0 Å². The van der Waals surface area contributed by atoms with Crippen LogP contribution < -0.4 is 5.14 Å². The lowest BCUT2D eigenvalue weighted by atomic mass is 10.1. The molecule has 1 saturated heterocycles. The summed E-state index contributed by atoms with van der Waals surface area (Å²) in [6.07, 6.45) is 0.885. The minimum Gasteiger partial charge on any atom is -0.384 e. The quantitative estimate of drug-likeness (QED) is 0.854. The predicted molar refractivity (Wildman–Crippen MR) is 81.4 cm³/mol. The van der Waals surface area contributed by atoms with Crippen LogP contribution in [0.2, 0.25) is 0 Å². The molecule has 1 fully saturated rings. The number of hydrogen-bond donors (Lipinski definition) is 1. The van der Waals surface area contributed by atoms with Crippen molar-refractivity contribution in [1.29, 1.82) is 0 Å². The predicted octanol–water partition coefficient (Wildman–Crippen LogP) is 1.21. The molecule has 2 N–H and O–H groups in total. The molecule has 1 aliphatic rings. The Kier molecular flexibility index (Phi) is 5.03. The lowest BCUT2D eigenvalue weighted by Gasteiger charge is -2.17. The van der Waals surface area contributed by atoms with Gasteiger partial charge in [-0.2, -0.15) is 0 Å². The van der Waals surface area contributed by atoms with Gasteiger partial charge in [-0.1, -0.05) is 15.9 Å². The van der Waals surface area contributed by atoms with E-state index < -0.39 is 10.0 Å². The smallest absolute Gasteiger partial charge is 0.253 e. The number of methoxy groups -OCH3 is 1. The van der Waals surface area contributed by atoms with Crippen molar-refractivity contribution in [2.75, 3.05) is 26.8 Å². The highest BCUT2D eigenvalue weighted by atomic mass is 79.9. The van der Waals surface area contributed by atoms with Crippen LogP contribution in [0, 0.1) is 5.92 Å². The van der Waals surface area contributed by atoms with Gasteiger partial charge in [0.15, 0.2) is 0 Å². The van der Waals surface area contributed by atoms with E-state index in [1.807, 2.05) is 0 Å². The molecule has 8 heteroatoms. The van der Waals surface area contributed by atoms with E-state index in [1.54, 1.807) is 18.1 Å². The second-order valence-electron chi connectivity index (χ2n) is 5.08. The Morgan fingerprint density at radius 3 is 2.81 bits per heavy atom. The third kappa shape index (κ3) is 4.03. The first-order valence-electron chi connectivity index (χ1n) is 6.43. The van der Waals surface area contributed by atoms with Crippen LogP contribution in [0.15, 0.2) is 27.6 Å². The lowest BCUT2D eigenvalue weighted by molar-refractivity contribution is 0.0775. The molecule has 6 nitrogen and oxygen atoms in total. The van der Waals surface area contributed by atoms with Gasteiger partial charge >= 0.3 is 0 Å². The van der Waals surface area contributed by atoms with E-state index in [-0.39, 0.29) is 10.8 Å². The van der Waals surface area contributed by atoms with Crippen molar-refractivity contribution in [3.05, 3.63) is 28.2 Å². The Labute approximate surface area is 132 Å². The number of ether oxygens (including phenoxy) is 1. The molecule has 2 rings (SSSR count). The van der Waals surface area contributed by atoms with Crippen molar-refractivity contribution >= 4 is 31.9 Å². The molecule has 0 saturated carbocycles. The van der Waals surface area contributed by atoms with Gasteiger partial charge in [0.25, 0.3) is 5.91 Å². The summed E-state index contributed by atoms with van der Waals surface area (Å²) in [5.41, 5.74) is 0.312. The number of carbonyl (C=O) groups excluding carboxylic acids is 1. The largest absolute Gasteiger partial charge is 0.384 e. The Morgan fingerprint density at radius 2 is 2.19 bits per heavy atom. The van der Waals surface area contributed by atoms with Crippen molar-refractivity contribution in [1.82, 2.24) is 4.90 Å². The summed E-state index contributed by atoms with van der Waals surface area (Å²) in [5, 5.41) is 5.12. The van der Waals surface area contributed by atoms with Crippen molar-refractivity contribution in [2.24, 2.45) is 11.1 Å². The normalized spacial score (nSPS) is 19.0. The number of rotatable bonds is 4. The summed E-state index contributed by atoms with van der Waals surface area (Å²) in [6, 6.07) is 4.29. The first-order chi connectivity index (χ1) is 9.81. The van der Waals surface area contributed by atoms with Gasteiger partial charge in [-0.15, -0.1) is 0 Å². The molecule has 1 aliphatic heterocycles. The zero-order valence-electron chi connectivity index (χ0n) is 11.6. The molecule has 0 aromatic heterocycles. The van der Waals surface area contributed by atoms with E-state index in [4.69, 9.17) is 9.88 Å². The van der Waals surface area contributed by atoms with Gasteiger partial charge in [0.1, 0.15) is 0 Å². The average molecular weight is 377 g/mol. The van der Waals surface area contributed by atoms with Crippen molar-refractivity contribution in [3.63, 3.8) is 0 Å². The number of halogens is 1. The van der Waals surface area contributed by atoms with Crippen LogP contribution in [0.3, 0.4) is 0 Å². The number of benzene rings is 1. The van der Waals surface area contributed by atoms with Crippen molar-refractivity contribution < 1.29 is 17.9 Å². The highest BCUT2D eigenvalue weighted by Gasteiger charge is 2.27. The van der Waals surface area contributed by atoms with Crippen molar-refractivity contribution in [2.45, 2.75) is 11.3 Å². The number of carbonyl (C=O) groups is 1. The van der Waals surface area contributed by atoms with E-state index in [2.05, 4.69) is 15.9 Å². The molecule has 1 atom stereocenters. The lowest BCUT2D eigenvalue weighted by Crippen LogP contribution is -2.29. The molecule has 116 valence electrons. The van der Waals surface area contributed by atoms with E-state index in [0.29, 0.717) is 35.7 Å². The van der Waals surface area contributed by atoms with E-state index in [0.717, 1.165) is 6.42 Å². The fraction of sp³-hybridized carbons (Fsp3) is 0.462. The number of nitrogens with zero attached hydrogens (tertiary/aromatic N) is 1. The van der Waals surface area contributed by atoms with Crippen molar-refractivity contribution in [3.8, 4) is 0 Å². The molecular formula is C13H17BrN2O4S. The fourth-order valence-electron chi connectivity index (χ4n) is 2.42. The van der Waals surface area contributed by atoms with Crippen LogP contribution in [0.25, 0.3) is 0 Å². The molecule has 1 amide bonds. The SMILES string of the molecule is COCC1CCN(C(=O)c2cc(Br)cc(S(N)(=O)=O)c2)C1. The van der Waals surface area contributed by atoms with Crippen LogP contribution in [0.1, 0.15) is 16.8 Å². The highest BCUT2D eigenvalue weighted by molar-refractivity contribution is 9.10. The third-order valence-corrected chi connectivity index (χ3v) is 4.77. The standard InChI is InChI=1S/C13H17BrN2O4S/c1-20-8-9-2-3-16(7-9)13(17)10-4-11(14)6-12(5-10)21(15,18)19/h4-6,9H,2-3,7-8H2,1H3,(H2,15,18,19). The first kappa shape index (κ1) is 16.4. The topological polar surface area (TPSA) is 89.7 Å². The van der Waals surface area contributed by atoms with Crippen LogP contribution >= 0.6 is 15.9 Å². The minimum absolute atomic E-state index is 0.0761. The fourth-order valence-corrected chi connectivity index (χ4v) is 3.65. The van der Waals surface area contributed by atoms with Crippen LogP contribution in [-0.2, 0) is 14.8 Å². The van der Waals surface area contributed by atoms with Gasteiger partial charge in [0.2, 0.25) is 10.0 Å². The van der Waals surface area contributed by atoms with Crippen LogP contribution in [0.4, 0.5) is 0 Å². The van der Waals surface area contributed by atoms with Gasteiger partial charge in [-0.05, 0) is 24.6 Å². The number of primary sulfonamides is 1. The second-order valence-corrected chi connectivity index (χ2v) is 7.56. The molecule has 1 aromatic rings. The number of likely N-dealkylation sites (tertiary alicyclic amines) is 1. The molecule has 21 heavy (non-hydrogen) atoms. The minimum atomic E-state index is -3.84. The van der Waals surface area contributed by atoms with E-state index in [9.17, 15) is 13.2 Å². The molecule has 0 spiro atoms. The van der Waals surface area contributed by atoms with E-state index >= 15 is 0 Å². The first-order valence-corrected chi connectivity index (χ1v) is 8.77. The number of hydrogen-bond acceptors (Lipinski definition) is 4. The van der Waals surface area contributed by atoms with Gasteiger partial charge < -0.3 is 9.64 Å². The summed E-state index contributed by atoms with van der Waals surface area (Å²) in [7, 11) is -2.21. The zero-order valence-corrected chi connectivity index (χ0v) is 14.0. The Morgan fingerprint density at radius 1 is 1.48 bits per heavy atom. The van der Waals surface area contributed by atoms with Gasteiger partial charge in [0.05, 0.1) is 11.5 Å². The Bertz CT molecular complexity index is 648. The molecule has 1 aromatic carbocycles. The van der Waals surface area contributed by atoms with Gasteiger partial charge in [-0.3, -0.25) is 4.79 Å².